The molecule has 112 valence electrons. The van der Waals surface area contributed by atoms with Crippen LogP contribution in [0.15, 0.2) is 36.4 Å². The lowest BCUT2D eigenvalue weighted by atomic mass is 10.0. The van der Waals surface area contributed by atoms with E-state index in [-0.39, 0.29) is 12.6 Å². The second-order valence-electron chi connectivity index (χ2n) is 5.37. The third-order valence-corrected chi connectivity index (χ3v) is 3.36. The van der Waals surface area contributed by atoms with Gasteiger partial charge in [0, 0.05) is 24.3 Å². The number of aliphatic hydroxyl groups is 1. The van der Waals surface area contributed by atoms with Gasteiger partial charge in [-0.05, 0) is 12.3 Å². The van der Waals surface area contributed by atoms with E-state index in [0.717, 1.165) is 5.56 Å². The van der Waals surface area contributed by atoms with Gasteiger partial charge in [0.05, 0.1) is 0 Å². The molecule has 0 aliphatic rings. The van der Waals surface area contributed by atoms with Gasteiger partial charge in [-0.1, -0.05) is 44.2 Å². The van der Waals surface area contributed by atoms with E-state index in [9.17, 15) is 0 Å². The Morgan fingerprint density at radius 2 is 1.90 bits per heavy atom. The summed E-state index contributed by atoms with van der Waals surface area (Å²) in [6, 6.07) is 11.6. The highest BCUT2D eigenvalue weighted by molar-refractivity contribution is 5.60. The SMILES string of the molecule is CC(C)C(CCO)Nc1cc(N)nc(-c2ccccc2)n1. The molecule has 0 radical (unpaired) electrons. The molecular weight excluding hydrogens is 264 g/mol. The Hall–Kier alpha value is -2.14. The van der Waals surface area contributed by atoms with Crippen molar-refractivity contribution in [3.8, 4) is 11.4 Å². The molecular formula is C16H22N4O. The molecule has 5 nitrogen and oxygen atoms in total. The minimum absolute atomic E-state index is 0.141. The van der Waals surface area contributed by atoms with Crippen molar-refractivity contribution >= 4 is 11.6 Å². The van der Waals surface area contributed by atoms with E-state index in [2.05, 4.69) is 29.1 Å². The summed E-state index contributed by atoms with van der Waals surface area (Å²) in [5.41, 5.74) is 6.81. The average molecular weight is 286 g/mol. The Bertz CT molecular complexity index is 572. The van der Waals surface area contributed by atoms with E-state index < -0.39 is 0 Å². The van der Waals surface area contributed by atoms with Crippen LogP contribution < -0.4 is 11.1 Å². The van der Waals surface area contributed by atoms with Crippen LogP contribution in [0.25, 0.3) is 11.4 Å². The topological polar surface area (TPSA) is 84.1 Å². The second kappa shape index (κ2) is 7.04. The predicted octanol–water partition coefficient (Wildman–Crippen LogP) is 2.54. The van der Waals surface area contributed by atoms with Crippen LogP contribution in [-0.2, 0) is 0 Å². The van der Waals surface area contributed by atoms with Crippen LogP contribution in [0.1, 0.15) is 20.3 Å². The van der Waals surface area contributed by atoms with Crippen LogP contribution in [0.3, 0.4) is 0 Å². The number of hydrogen-bond acceptors (Lipinski definition) is 5. The summed E-state index contributed by atoms with van der Waals surface area (Å²) >= 11 is 0. The molecule has 0 amide bonds. The molecule has 0 aliphatic carbocycles. The second-order valence-corrected chi connectivity index (χ2v) is 5.37. The van der Waals surface area contributed by atoms with E-state index in [4.69, 9.17) is 10.8 Å². The molecule has 1 aromatic carbocycles. The standard InChI is InChI=1S/C16H22N4O/c1-11(2)13(8-9-21)18-15-10-14(17)19-16(20-15)12-6-4-3-5-7-12/h3-7,10-11,13,21H,8-9H2,1-2H3,(H3,17,18,19,20). The van der Waals surface area contributed by atoms with Crippen LogP contribution in [-0.4, -0.2) is 27.7 Å². The van der Waals surface area contributed by atoms with Crippen LogP contribution in [0.5, 0.6) is 0 Å². The molecule has 5 heteroatoms. The zero-order chi connectivity index (χ0) is 15.2. The molecule has 1 atom stereocenters. The van der Waals surface area contributed by atoms with Crippen LogP contribution in [0.2, 0.25) is 0 Å². The summed E-state index contributed by atoms with van der Waals surface area (Å²) in [6.07, 6.45) is 0.669. The highest BCUT2D eigenvalue weighted by Crippen LogP contribution is 2.20. The molecule has 0 saturated heterocycles. The van der Waals surface area contributed by atoms with Crippen LogP contribution >= 0.6 is 0 Å². The molecule has 2 aromatic rings. The van der Waals surface area contributed by atoms with Gasteiger partial charge in [0.2, 0.25) is 0 Å². The number of anilines is 2. The van der Waals surface area contributed by atoms with Gasteiger partial charge in [0.15, 0.2) is 5.82 Å². The first-order valence-corrected chi connectivity index (χ1v) is 7.17. The average Bonchev–Trinajstić information content (AvgIpc) is 2.47. The molecule has 0 aliphatic heterocycles. The molecule has 0 fully saturated rings. The van der Waals surface area contributed by atoms with Crippen molar-refractivity contribution in [2.45, 2.75) is 26.3 Å². The normalized spacial score (nSPS) is 12.4. The van der Waals surface area contributed by atoms with Crippen LogP contribution in [0.4, 0.5) is 11.6 Å². The minimum Gasteiger partial charge on any atom is -0.396 e. The van der Waals surface area contributed by atoms with Crippen molar-refractivity contribution in [2.75, 3.05) is 17.7 Å². The number of aliphatic hydroxyl groups excluding tert-OH is 1. The lowest BCUT2D eigenvalue weighted by molar-refractivity contribution is 0.267. The Kier molecular flexibility index (Phi) is 5.11. The van der Waals surface area contributed by atoms with Crippen molar-refractivity contribution < 1.29 is 5.11 Å². The summed E-state index contributed by atoms with van der Waals surface area (Å²) in [5.74, 6) is 2.10. The first-order chi connectivity index (χ1) is 10.1. The van der Waals surface area contributed by atoms with E-state index in [1.165, 1.54) is 0 Å². The van der Waals surface area contributed by atoms with Crippen molar-refractivity contribution in [2.24, 2.45) is 5.92 Å². The zero-order valence-corrected chi connectivity index (χ0v) is 12.5. The summed E-state index contributed by atoms with van der Waals surface area (Å²) in [5, 5.41) is 12.5. The van der Waals surface area contributed by atoms with Crippen molar-refractivity contribution in [3.05, 3.63) is 36.4 Å². The number of nitrogens with two attached hydrogens (primary N) is 1. The Labute approximate surface area is 125 Å². The maximum Gasteiger partial charge on any atom is 0.163 e. The highest BCUT2D eigenvalue weighted by Gasteiger charge is 2.14. The van der Waals surface area contributed by atoms with Crippen molar-refractivity contribution in [1.29, 1.82) is 0 Å². The van der Waals surface area contributed by atoms with E-state index in [1.807, 2.05) is 30.3 Å². The largest absolute Gasteiger partial charge is 0.396 e. The molecule has 2 rings (SSSR count). The van der Waals surface area contributed by atoms with Gasteiger partial charge >= 0.3 is 0 Å². The summed E-state index contributed by atoms with van der Waals surface area (Å²) in [4.78, 5) is 8.80. The van der Waals surface area contributed by atoms with Gasteiger partial charge in [0.25, 0.3) is 0 Å². The Balaban J connectivity index is 2.27. The minimum atomic E-state index is 0.141. The summed E-state index contributed by atoms with van der Waals surface area (Å²) < 4.78 is 0. The van der Waals surface area contributed by atoms with E-state index >= 15 is 0 Å². The third-order valence-electron chi connectivity index (χ3n) is 3.36. The summed E-state index contributed by atoms with van der Waals surface area (Å²) in [7, 11) is 0. The molecule has 0 bridgehead atoms. The number of nitrogen functional groups attached to an aromatic ring is 1. The number of hydrogen-bond donors (Lipinski definition) is 3. The number of aromatic nitrogens is 2. The van der Waals surface area contributed by atoms with E-state index in [0.29, 0.717) is 29.8 Å². The molecule has 0 spiro atoms. The molecule has 1 aromatic heterocycles. The quantitative estimate of drug-likeness (QED) is 0.760. The Morgan fingerprint density at radius 3 is 2.52 bits per heavy atom. The summed E-state index contributed by atoms with van der Waals surface area (Å²) in [6.45, 7) is 4.36. The van der Waals surface area contributed by atoms with Crippen LogP contribution in [0, 0.1) is 5.92 Å². The fourth-order valence-electron chi connectivity index (χ4n) is 2.16. The molecule has 0 saturated carbocycles. The van der Waals surface area contributed by atoms with E-state index in [1.54, 1.807) is 6.07 Å². The predicted molar refractivity (Wildman–Crippen MR) is 85.8 cm³/mol. The maximum atomic E-state index is 9.15. The lowest BCUT2D eigenvalue weighted by Crippen LogP contribution is -2.27. The molecule has 1 unspecified atom stereocenters. The van der Waals surface area contributed by atoms with Crippen molar-refractivity contribution in [3.63, 3.8) is 0 Å². The number of rotatable bonds is 6. The highest BCUT2D eigenvalue weighted by atomic mass is 16.3. The number of nitrogens with zero attached hydrogens (tertiary/aromatic N) is 2. The maximum absolute atomic E-state index is 9.15. The van der Waals surface area contributed by atoms with Gasteiger partial charge in [-0.2, -0.15) is 0 Å². The molecule has 1 heterocycles. The monoisotopic (exact) mass is 286 g/mol. The van der Waals surface area contributed by atoms with Gasteiger partial charge in [0.1, 0.15) is 11.6 Å². The fraction of sp³-hybridized carbons (Fsp3) is 0.375. The lowest BCUT2D eigenvalue weighted by Gasteiger charge is -2.22. The van der Waals surface area contributed by atoms with Gasteiger partial charge in [-0.25, -0.2) is 9.97 Å². The van der Waals surface area contributed by atoms with Gasteiger partial charge < -0.3 is 16.2 Å². The first kappa shape index (κ1) is 15.3. The van der Waals surface area contributed by atoms with Crippen molar-refractivity contribution in [1.82, 2.24) is 9.97 Å². The first-order valence-electron chi connectivity index (χ1n) is 7.17. The third kappa shape index (κ3) is 4.16. The Morgan fingerprint density at radius 1 is 1.19 bits per heavy atom. The smallest absolute Gasteiger partial charge is 0.163 e. The number of nitrogens with one attached hydrogen (secondary N) is 1. The van der Waals surface area contributed by atoms with Gasteiger partial charge in [-0.15, -0.1) is 0 Å². The number of benzene rings is 1. The molecule has 21 heavy (non-hydrogen) atoms. The van der Waals surface area contributed by atoms with Gasteiger partial charge in [-0.3, -0.25) is 0 Å². The zero-order valence-electron chi connectivity index (χ0n) is 12.5. The molecule has 4 N–H and O–H groups in total. The fourth-order valence-corrected chi connectivity index (χ4v) is 2.16.